The van der Waals surface area contributed by atoms with Crippen molar-refractivity contribution in [3.05, 3.63) is 0 Å². The predicted octanol–water partition coefficient (Wildman–Crippen LogP) is 1.41. The van der Waals surface area contributed by atoms with E-state index in [4.69, 9.17) is 5.11 Å². The second-order valence-electron chi connectivity index (χ2n) is 5.61. The van der Waals surface area contributed by atoms with Crippen molar-refractivity contribution in [1.82, 2.24) is 5.32 Å². The quantitative estimate of drug-likeness (QED) is 0.774. The van der Waals surface area contributed by atoms with E-state index in [0.29, 0.717) is 0 Å². The number of aliphatic hydroxyl groups excluding tert-OH is 1. The van der Waals surface area contributed by atoms with Crippen LogP contribution in [0, 0.1) is 16.7 Å². The monoisotopic (exact) mass is 235 g/mol. The molecule has 0 spiro atoms. The Morgan fingerprint density at radius 3 is 2.06 bits per heavy atom. The van der Waals surface area contributed by atoms with Crippen LogP contribution in [0.1, 0.15) is 27.7 Å². The molecule has 2 N–H and O–H groups in total. The van der Waals surface area contributed by atoms with Crippen molar-refractivity contribution in [3.63, 3.8) is 0 Å². The molecule has 5 heteroatoms. The lowest BCUT2D eigenvalue weighted by Gasteiger charge is -2.14. The van der Waals surface area contributed by atoms with Crippen molar-refractivity contribution in [2.24, 2.45) is 16.7 Å². The third kappa shape index (κ3) is 2.05. The second kappa shape index (κ2) is 3.65. The molecule has 94 valence electrons. The summed E-state index contributed by atoms with van der Waals surface area (Å²) < 4.78 is 25.4. The van der Waals surface area contributed by atoms with Gasteiger partial charge in [0.25, 0.3) is 5.92 Å². The Morgan fingerprint density at radius 2 is 1.75 bits per heavy atom. The first-order chi connectivity index (χ1) is 7.06. The summed E-state index contributed by atoms with van der Waals surface area (Å²) in [4.78, 5) is 11.7. The van der Waals surface area contributed by atoms with Crippen molar-refractivity contribution < 1.29 is 18.7 Å². The Kier molecular flexibility index (Phi) is 3.05. The van der Waals surface area contributed by atoms with E-state index in [-0.39, 0.29) is 22.7 Å². The van der Waals surface area contributed by atoms with Gasteiger partial charge in [-0.15, -0.1) is 0 Å². The summed E-state index contributed by atoms with van der Waals surface area (Å²) in [6.45, 7) is 5.74. The van der Waals surface area contributed by atoms with E-state index in [0.717, 1.165) is 0 Å². The van der Waals surface area contributed by atoms with Crippen LogP contribution in [0.15, 0.2) is 0 Å². The maximum atomic E-state index is 12.7. The summed E-state index contributed by atoms with van der Waals surface area (Å²) in [5, 5.41) is 10.6. The molecule has 1 aliphatic carbocycles. The molecule has 1 amide bonds. The SMILES string of the molecule is CC1(C)C(C(=O)NCC(F)(F)CO)C1(C)C. The van der Waals surface area contributed by atoms with Crippen LogP contribution in [-0.4, -0.2) is 30.1 Å². The molecule has 0 heterocycles. The average molecular weight is 235 g/mol. The maximum Gasteiger partial charge on any atom is 0.287 e. The highest BCUT2D eigenvalue weighted by Gasteiger charge is 2.68. The minimum absolute atomic E-state index is 0.161. The molecule has 0 saturated heterocycles. The van der Waals surface area contributed by atoms with Gasteiger partial charge in [-0.3, -0.25) is 4.79 Å². The van der Waals surface area contributed by atoms with Gasteiger partial charge in [-0.2, -0.15) is 0 Å². The first-order valence-electron chi connectivity index (χ1n) is 5.33. The van der Waals surface area contributed by atoms with Gasteiger partial charge in [0.15, 0.2) is 0 Å². The number of amides is 1. The Balaban J connectivity index is 2.51. The van der Waals surface area contributed by atoms with Crippen LogP contribution in [0.5, 0.6) is 0 Å². The zero-order valence-electron chi connectivity index (χ0n) is 10.1. The minimum atomic E-state index is -3.24. The fourth-order valence-electron chi connectivity index (χ4n) is 2.23. The number of hydrogen-bond acceptors (Lipinski definition) is 2. The Hall–Kier alpha value is -0.710. The highest BCUT2D eigenvalue weighted by Crippen LogP contribution is 2.68. The lowest BCUT2D eigenvalue weighted by Crippen LogP contribution is -2.40. The first kappa shape index (κ1) is 13.4. The molecular formula is C11H19F2NO2. The molecule has 0 aromatic rings. The van der Waals surface area contributed by atoms with Crippen LogP contribution in [0.4, 0.5) is 8.78 Å². The molecule has 0 radical (unpaired) electrons. The van der Waals surface area contributed by atoms with Gasteiger partial charge < -0.3 is 10.4 Å². The molecule has 3 nitrogen and oxygen atoms in total. The Labute approximate surface area is 94.2 Å². The summed E-state index contributed by atoms with van der Waals surface area (Å²) in [7, 11) is 0. The molecule has 16 heavy (non-hydrogen) atoms. The van der Waals surface area contributed by atoms with E-state index < -0.39 is 19.1 Å². The van der Waals surface area contributed by atoms with Gasteiger partial charge in [0.2, 0.25) is 5.91 Å². The van der Waals surface area contributed by atoms with Gasteiger partial charge in [0, 0.05) is 5.92 Å². The molecule has 0 aliphatic heterocycles. The van der Waals surface area contributed by atoms with Gasteiger partial charge in [-0.25, -0.2) is 8.78 Å². The van der Waals surface area contributed by atoms with E-state index in [2.05, 4.69) is 5.32 Å². The number of carbonyl (C=O) groups is 1. The molecule has 1 saturated carbocycles. The van der Waals surface area contributed by atoms with Crippen LogP contribution >= 0.6 is 0 Å². The molecule has 1 aliphatic rings. The number of carbonyl (C=O) groups excluding carboxylic acids is 1. The standard InChI is InChI=1S/C11H19F2NO2/c1-9(2)7(10(9,3)4)8(16)14-5-11(12,13)6-15/h7,15H,5-6H2,1-4H3,(H,14,16). The predicted molar refractivity (Wildman–Crippen MR) is 56.1 cm³/mol. The van der Waals surface area contributed by atoms with Crippen molar-refractivity contribution in [2.45, 2.75) is 33.6 Å². The van der Waals surface area contributed by atoms with Gasteiger partial charge in [0.1, 0.15) is 6.61 Å². The van der Waals surface area contributed by atoms with Crippen LogP contribution in [0.2, 0.25) is 0 Å². The van der Waals surface area contributed by atoms with Crippen molar-refractivity contribution in [3.8, 4) is 0 Å². The minimum Gasteiger partial charge on any atom is -0.390 e. The molecule has 0 aromatic carbocycles. The zero-order valence-corrected chi connectivity index (χ0v) is 10.1. The van der Waals surface area contributed by atoms with Gasteiger partial charge in [-0.1, -0.05) is 27.7 Å². The molecule has 0 aromatic heterocycles. The van der Waals surface area contributed by atoms with Crippen molar-refractivity contribution in [2.75, 3.05) is 13.2 Å². The van der Waals surface area contributed by atoms with E-state index in [1.54, 1.807) is 0 Å². The summed E-state index contributed by atoms with van der Waals surface area (Å²) in [6.07, 6.45) is 0. The van der Waals surface area contributed by atoms with E-state index in [9.17, 15) is 13.6 Å². The third-order valence-corrected chi connectivity index (χ3v) is 4.04. The van der Waals surface area contributed by atoms with Crippen molar-refractivity contribution in [1.29, 1.82) is 0 Å². The smallest absolute Gasteiger partial charge is 0.287 e. The zero-order chi connectivity index (χ0) is 12.8. The molecule has 1 fully saturated rings. The van der Waals surface area contributed by atoms with Crippen molar-refractivity contribution >= 4 is 5.91 Å². The largest absolute Gasteiger partial charge is 0.390 e. The molecular weight excluding hydrogens is 216 g/mol. The lowest BCUT2D eigenvalue weighted by atomic mass is 10.0. The van der Waals surface area contributed by atoms with Crippen LogP contribution in [0.25, 0.3) is 0 Å². The maximum absolute atomic E-state index is 12.7. The number of rotatable bonds is 4. The number of aliphatic hydroxyl groups is 1. The number of nitrogens with one attached hydrogen (secondary N) is 1. The highest BCUT2D eigenvalue weighted by atomic mass is 19.3. The molecule has 0 bridgehead atoms. The summed E-state index contributed by atoms with van der Waals surface area (Å²) in [6, 6.07) is 0. The Morgan fingerprint density at radius 1 is 1.31 bits per heavy atom. The van der Waals surface area contributed by atoms with Gasteiger partial charge >= 0.3 is 0 Å². The highest BCUT2D eigenvalue weighted by molar-refractivity contribution is 5.84. The van der Waals surface area contributed by atoms with Crippen LogP contribution < -0.4 is 5.32 Å². The summed E-state index contributed by atoms with van der Waals surface area (Å²) in [5.74, 6) is -3.84. The number of halogens is 2. The van der Waals surface area contributed by atoms with E-state index in [1.807, 2.05) is 27.7 Å². The summed E-state index contributed by atoms with van der Waals surface area (Å²) in [5.41, 5.74) is -0.322. The van der Waals surface area contributed by atoms with E-state index in [1.165, 1.54) is 0 Å². The first-order valence-corrected chi connectivity index (χ1v) is 5.33. The second-order valence-corrected chi connectivity index (χ2v) is 5.61. The Bertz CT molecular complexity index is 286. The average Bonchev–Trinajstić information content (AvgIpc) is 2.54. The summed E-state index contributed by atoms with van der Waals surface area (Å²) >= 11 is 0. The topological polar surface area (TPSA) is 49.3 Å². The lowest BCUT2D eigenvalue weighted by molar-refractivity contribution is -0.126. The van der Waals surface area contributed by atoms with E-state index >= 15 is 0 Å². The fourth-order valence-corrected chi connectivity index (χ4v) is 2.23. The van der Waals surface area contributed by atoms with Crippen LogP contribution in [0.3, 0.4) is 0 Å². The number of hydrogen-bond donors (Lipinski definition) is 2. The van der Waals surface area contributed by atoms with Gasteiger partial charge in [0.05, 0.1) is 6.54 Å². The molecule has 0 atom stereocenters. The van der Waals surface area contributed by atoms with Gasteiger partial charge in [-0.05, 0) is 10.8 Å². The fraction of sp³-hybridized carbons (Fsp3) is 0.909. The van der Waals surface area contributed by atoms with Crippen LogP contribution in [-0.2, 0) is 4.79 Å². The number of alkyl halides is 2. The third-order valence-electron chi connectivity index (χ3n) is 4.04. The normalized spacial score (nSPS) is 22.9. The molecule has 1 rings (SSSR count). The molecule has 0 unspecified atom stereocenters.